The molecule has 3 aliphatic rings. The minimum atomic E-state index is 0.732. The second kappa shape index (κ2) is 3.25. The molecule has 3 rings (SSSR count). The summed E-state index contributed by atoms with van der Waals surface area (Å²) in [4.78, 5) is 0. The van der Waals surface area contributed by atoms with E-state index < -0.39 is 0 Å². The highest BCUT2D eigenvalue weighted by Gasteiger charge is 2.56. The van der Waals surface area contributed by atoms with E-state index in [0.29, 0.717) is 0 Å². The van der Waals surface area contributed by atoms with Gasteiger partial charge in [-0.05, 0) is 61.2 Å². The van der Waals surface area contributed by atoms with Gasteiger partial charge in [0, 0.05) is 0 Å². The van der Waals surface area contributed by atoms with Crippen molar-refractivity contribution in [2.45, 2.75) is 71.6 Å². The van der Waals surface area contributed by atoms with Gasteiger partial charge in [-0.1, -0.05) is 33.1 Å². The molecule has 86 valence electrons. The smallest absolute Gasteiger partial charge is 0.0292 e. The van der Waals surface area contributed by atoms with Crippen molar-refractivity contribution >= 4 is 0 Å². The van der Waals surface area contributed by atoms with Crippen molar-refractivity contribution in [1.29, 1.82) is 0 Å². The summed E-state index contributed by atoms with van der Waals surface area (Å²) < 4.78 is 0. The molecule has 0 spiro atoms. The Morgan fingerprint density at radius 3 is 2.33 bits per heavy atom. The molecule has 0 heterocycles. The molecule has 0 aliphatic heterocycles. The highest BCUT2D eigenvalue weighted by molar-refractivity contribution is 5.06. The number of hydrogen-bond donors (Lipinski definition) is 0. The molecule has 15 heavy (non-hydrogen) atoms. The molecular weight excluding hydrogens is 180 g/mol. The summed E-state index contributed by atoms with van der Waals surface area (Å²) in [5, 5.41) is 0. The molecule has 3 aliphatic carbocycles. The summed E-state index contributed by atoms with van der Waals surface area (Å²) in [6.45, 7) is 5.10. The van der Waals surface area contributed by atoms with Crippen LogP contribution in [0.3, 0.4) is 0 Å². The average Bonchev–Trinajstić information content (AvgIpc) is 2.66. The lowest BCUT2D eigenvalue weighted by atomic mass is 9.69. The van der Waals surface area contributed by atoms with Crippen molar-refractivity contribution in [2.24, 2.45) is 22.7 Å². The molecule has 0 aromatic heterocycles. The monoisotopic (exact) mass is 206 g/mol. The largest absolute Gasteiger partial charge is 0.0596 e. The first-order valence-corrected chi connectivity index (χ1v) is 7.10. The van der Waals surface area contributed by atoms with Gasteiger partial charge in [-0.2, -0.15) is 0 Å². The molecule has 0 radical (unpaired) electrons. The van der Waals surface area contributed by atoms with Gasteiger partial charge in [0.05, 0.1) is 0 Å². The Labute approximate surface area is 94.8 Å². The lowest BCUT2D eigenvalue weighted by Gasteiger charge is -2.36. The predicted molar refractivity (Wildman–Crippen MR) is 64.7 cm³/mol. The standard InChI is InChI=1S/C15H26/c1-14(6-4-3-5-7-14)9-12-8-13-11-15(13,2)10-12/h12-13H,3-11H2,1-2H3/t12?,13?,15-/m0/s1. The Morgan fingerprint density at radius 2 is 1.73 bits per heavy atom. The topological polar surface area (TPSA) is 0 Å². The van der Waals surface area contributed by atoms with Gasteiger partial charge in [-0.3, -0.25) is 0 Å². The Bertz CT molecular complexity index is 249. The minimum absolute atomic E-state index is 0.732. The first-order chi connectivity index (χ1) is 7.10. The summed E-state index contributed by atoms with van der Waals surface area (Å²) in [5.41, 5.74) is 1.55. The lowest BCUT2D eigenvalue weighted by Crippen LogP contribution is -2.23. The molecule has 0 saturated heterocycles. The van der Waals surface area contributed by atoms with Crippen LogP contribution in [0.25, 0.3) is 0 Å². The van der Waals surface area contributed by atoms with Gasteiger partial charge in [0.1, 0.15) is 0 Å². The normalized spacial score (nSPS) is 47.6. The van der Waals surface area contributed by atoms with E-state index in [2.05, 4.69) is 13.8 Å². The van der Waals surface area contributed by atoms with Gasteiger partial charge in [0.2, 0.25) is 0 Å². The van der Waals surface area contributed by atoms with Crippen LogP contribution in [-0.2, 0) is 0 Å². The maximum atomic E-state index is 2.57. The first kappa shape index (κ1) is 10.2. The SMILES string of the molecule is CC1(CC2CC3C[C@]3(C)C2)CCCCC1. The second-order valence-corrected chi connectivity index (χ2v) is 7.44. The first-order valence-electron chi connectivity index (χ1n) is 7.10. The van der Waals surface area contributed by atoms with Crippen molar-refractivity contribution in [3.63, 3.8) is 0 Å². The summed E-state index contributed by atoms with van der Waals surface area (Å²) >= 11 is 0. The summed E-state index contributed by atoms with van der Waals surface area (Å²) in [7, 11) is 0. The van der Waals surface area contributed by atoms with Crippen LogP contribution in [0.2, 0.25) is 0 Å². The van der Waals surface area contributed by atoms with Gasteiger partial charge >= 0.3 is 0 Å². The van der Waals surface area contributed by atoms with E-state index in [0.717, 1.165) is 22.7 Å². The fraction of sp³-hybridized carbons (Fsp3) is 1.00. The zero-order valence-electron chi connectivity index (χ0n) is 10.5. The van der Waals surface area contributed by atoms with Crippen LogP contribution >= 0.6 is 0 Å². The van der Waals surface area contributed by atoms with Crippen molar-refractivity contribution in [2.75, 3.05) is 0 Å². The number of fused-ring (bicyclic) bond motifs is 1. The zero-order valence-corrected chi connectivity index (χ0v) is 10.5. The third kappa shape index (κ3) is 1.85. The number of hydrogen-bond acceptors (Lipinski definition) is 0. The molecule has 0 N–H and O–H groups in total. The molecule has 3 fully saturated rings. The fourth-order valence-corrected chi connectivity index (χ4v) is 4.73. The summed E-state index contributed by atoms with van der Waals surface area (Å²) in [5.74, 6) is 2.23. The van der Waals surface area contributed by atoms with E-state index in [-0.39, 0.29) is 0 Å². The summed E-state index contributed by atoms with van der Waals surface area (Å²) in [6, 6.07) is 0. The van der Waals surface area contributed by atoms with E-state index in [1.54, 1.807) is 25.7 Å². The number of rotatable bonds is 2. The molecule has 3 atom stereocenters. The van der Waals surface area contributed by atoms with Crippen molar-refractivity contribution in [3.05, 3.63) is 0 Å². The van der Waals surface area contributed by atoms with E-state index >= 15 is 0 Å². The minimum Gasteiger partial charge on any atom is -0.0596 e. The van der Waals surface area contributed by atoms with Crippen molar-refractivity contribution < 1.29 is 0 Å². The van der Waals surface area contributed by atoms with Crippen LogP contribution in [0.15, 0.2) is 0 Å². The Hall–Kier alpha value is 0. The molecule has 0 aromatic carbocycles. The molecule has 0 amide bonds. The van der Waals surface area contributed by atoms with E-state index in [1.165, 1.54) is 32.1 Å². The van der Waals surface area contributed by atoms with Crippen LogP contribution in [0.1, 0.15) is 71.6 Å². The van der Waals surface area contributed by atoms with Crippen molar-refractivity contribution in [3.8, 4) is 0 Å². The maximum Gasteiger partial charge on any atom is -0.0292 e. The third-order valence-electron chi connectivity index (χ3n) is 5.75. The zero-order chi connectivity index (χ0) is 10.5. The predicted octanol–water partition coefficient (Wildman–Crippen LogP) is 4.78. The van der Waals surface area contributed by atoms with Gasteiger partial charge in [0.25, 0.3) is 0 Å². The van der Waals surface area contributed by atoms with Crippen molar-refractivity contribution in [1.82, 2.24) is 0 Å². The second-order valence-electron chi connectivity index (χ2n) is 7.44. The van der Waals surface area contributed by atoms with E-state index in [4.69, 9.17) is 0 Å². The molecule has 0 bridgehead atoms. The van der Waals surface area contributed by atoms with Gasteiger partial charge < -0.3 is 0 Å². The molecule has 0 heteroatoms. The highest BCUT2D eigenvalue weighted by Crippen LogP contribution is 2.66. The van der Waals surface area contributed by atoms with Crippen LogP contribution in [0, 0.1) is 22.7 Å². The Kier molecular flexibility index (Phi) is 2.20. The van der Waals surface area contributed by atoms with Gasteiger partial charge in [-0.15, -0.1) is 0 Å². The maximum absolute atomic E-state index is 2.57. The van der Waals surface area contributed by atoms with E-state index in [1.807, 2.05) is 0 Å². The third-order valence-corrected chi connectivity index (χ3v) is 5.75. The Morgan fingerprint density at radius 1 is 1.00 bits per heavy atom. The van der Waals surface area contributed by atoms with Crippen LogP contribution in [-0.4, -0.2) is 0 Å². The van der Waals surface area contributed by atoms with Crippen LogP contribution in [0.4, 0.5) is 0 Å². The van der Waals surface area contributed by atoms with E-state index in [9.17, 15) is 0 Å². The molecular formula is C15H26. The molecule has 0 nitrogen and oxygen atoms in total. The molecule has 2 unspecified atom stereocenters. The lowest BCUT2D eigenvalue weighted by molar-refractivity contribution is 0.158. The fourth-order valence-electron chi connectivity index (χ4n) is 4.73. The average molecular weight is 206 g/mol. The van der Waals surface area contributed by atoms with Gasteiger partial charge in [0.15, 0.2) is 0 Å². The van der Waals surface area contributed by atoms with Crippen LogP contribution in [0.5, 0.6) is 0 Å². The quantitative estimate of drug-likeness (QED) is 0.610. The van der Waals surface area contributed by atoms with Crippen LogP contribution < -0.4 is 0 Å². The van der Waals surface area contributed by atoms with Gasteiger partial charge in [-0.25, -0.2) is 0 Å². The molecule has 3 saturated carbocycles. The molecule has 0 aromatic rings. The highest BCUT2D eigenvalue weighted by atomic mass is 14.6. The summed E-state index contributed by atoms with van der Waals surface area (Å²) in [6.07, 6.45) is 13.8. The Balaban J connectivity index is 1.56.